The number of rotatable bonds is 7. The van der Waals surface area contributed by atoms with E-state index in [2.05, 4.69) is 15.0 Å². The van der Waals surface area contributed by atoms with E-state index < -0.39 is 12.5 Å². The highest BCUT2D eigenvalue weighted by Gasteiger charge is 2.15. The van der Waals surface area contributed by atoms with Gasteiger partial charge < -0.3 is 9.47 Å². The second-order valence-electron chi connectivity index (χ2n) is 5.63. The molecule has 1 amide bonds. The van der Waals surface area contributed by atoms with Crippen molar-refractivity contribution in [1.82, 2.24) is 4.98 Å². The van der Waals surface area contributed by atoms with E-state index >= 15 is 0 Å². The summed E-state index contributed by atoms with van der Waals surface area (Å²) in [6, 6.07) is 11.4. The SMILES string of the molecule is COc1cc(C(=O)Nc2ncc(Cc3ccc(Cl)cc3)s2)ccc1OC(F)F. The lowest BCUT2D eigenvalue weighted by Crippen LogP contribution is -2.12. The van der Waals surface area contributed by atoms with E-state index in [4.69, 9.17) is 16.3 Å². The van der Waals surface area contributed by atoms with E-state index in [1.807, 2.05) is 24.3 Å². The lowest BCUT2D eigenvalue weighted by Gasteiger charge is -2.11. The van der Waals surface area contributed by atoms with Gasteiger partial charge in [-0.2, -0.15) is 8.78 Å². The molecule has 0 bridgehead atoms. The first-order chi connectivity index (χ1) is 13.4. The van der Waals surface area contributed by atoms with E-state index in [9.17, 15) is 13.6 Å². The molecule has 1 N–H and O–H groups in total. The van der Waals surface area contributed by atoms with Crippen molar-refractivity contribution >= 4 is 34.0 Å². The Balaban J connectivity index is 1.68. The zero-order valence-corrected chi connectivity index (χ0v) is 16.2. The molecule has 5 nitrogen and oxygen atoms in total. The molecule has 0 fully saturated rings. The number of nitrogens with zero attached hydrogens (tertiary/aromatic N) is 1. The zero-order valence-electron chi connectivity index (χ0n) is 14.6. The van der Waals surface area contributed by atoms with Gasteiger partial charge in [-0.15, -0.1) is 11.3 Å². The first-order valence-electron chi connectivity index (χ1n) is 8.08. The Hall–Kier alpha value is -2.71. The third-order valence-corrected chi connectivity index (χ3v) is 4.87. The predicted octanol–water partition coefficient (Wildman–Crippen LogP) is 5.25. The molecule has 0 atom stereocenters. The fourth-order valence-corrected chi connectivity index (χ4v) is 3.39. The summed E-state index contributed by atoms with van der Waals surface area (Å²) >= 11 is 7.22. The molecule has 9 heteroatoms. The highest BCUT2D eigenvalue weighted by Crippen LogP contribution is 2.30. The van der Waals surface area contributed by atoms with Crippen LogP contribution in [0.2, 0.25) is 5.02 Å². The molecular weight excluding hydrogens is 410 g/mol. The Morgan fingerprint density at radius 3 is 2.64 bits per heavy atom. The Bertz CT molecular complexity index is 964. The van der Waals surface area contributed by atoms with Crippen LogP contribution in [0.15, 0.2) is 48.7 Å². The minimum Gasteiger partial charge on any atom is -0.493 e. The van der Waals surface area contributed by atoms with Crippen molar-refractivity contribution in [3.8, 4) is 11.5 Å². The number of halogens is 3. The van der Waals surface area contributed by atoms with Gasteiger partial charge in [-0.05, 0) is 35.9 Å². The fourth-order valence-electron chi connectivity index (χ4n) is 2.42. The monoisotopic (exact) mass is 424 g/mol. The van der Waals surface area contributed by atoms with E-state index in [1.165, 1.54) is 36.6 Å². The van der Waals surface area contributed by atoms with Gasteiger partial charge in [0.25, 0.3) is 5.91 Å². The van der Waals surface area contributed by atoms with Crippen molar-refractivity contribution in [3.05, 3.63) is 69.7 Å². The smallest absolute Gasteiger partial charge is 0.387 e. The minimum atomic E-state index is -2.98. The molecule has 0 aliphatic heterocycles. The van der Waals surface area contributed by atoms with Crippen LogP contribution in [0.4, 0.5) is 13.9 Å². The van der Waals surface area contributed by atoms with Gasteiger partial charge in [-0.3, -0.25) is 10.1 Å². The quantitative estimate of drug-likeness (QED) is 0.562. The Morgan fingerprint density at radius 1 is 1.21 bits per heavy atom. The summed E-state index contributed by atoms with van der Waals surface area (Å²) in [5.41, 5.74) is 1.30. The summed E-state index contributed by atoms with van der Waals surface area (Å²) in [6.07, 6.45) is 2.35. The topological polar surface area (TPSA) is 60.5 Å². The first-order valence-corrected chi connectivity index (χ1v) is 9.27. The number of thiazole rings is 1. The highest BCUT2D eigenvalue weighted by atomic mass is 35.5. The van der Waals surface area contributed by atoms with Crippen molar-refractivity contribution < 1.29 is 23.0 Å². The summed E-state index contributed by atoms with van der Waals surface area (Å²) < 4.78 is 34.1. The van der Waals surface area contributed by atoms with Gasteiger partial charge >= 0.3 is 6.61 Å². The first kappa shape index (κ1) is 20.0. The Labute approximate surface area is 168 Å². The largest absolute Gasteiger partial charge is 0.493 e. The van der Waals surface area contributed by atoms with Gasteiger partial charge in [0.1, 0.15) is 0 Å². The molecule has 28 heavy (non-hydrogen) atoms. The second kappa shape index (κ2) is 8.99. The van der Waals surface area contributed by atoms with Crippen LogP contribution in [0.5, 0.6) is 11.5 Å². The van der Waals surface area contributed by atoms with Crippen LogP contribution >= 0.6 is 22.9 Å². The van der Waals surface area contributed by atoms with Crippen LogP contribution in [-0.2, 0) is 6.42 Å². The third-order valence-electron chi connectivity index (χ3n) is 3.71. The maximum absolute atomic E-state index is 12.4. The molecule has 0 spiro atoms. The number of nitrogens with one attached hydrogen (secondary N) is 1. The summed E-state index contributed by atoms with van der Waals surface area (Å²) in [5, 5.41) is 3.79. The average molecular weight is 425 g/mol. The molecule has 0 saturated carbocycles. The van der Waals surface area contributed by atoms with Gasteiger partial charge in [0, 0.05) is 28.1 Å². The number of hydrogen-bond acceptors (Lipinski definition) is 5. The molecule has 1 heterocycles. The molecule has 0 unspecified atom stereocenters. The number of carbonyl (C=O) groups is 1. The standard InChI is InChI=1S/C19H15ClF2N2O3S/c1-26-16-9-12(4-7-15(16)27-18(21)22)17(25)24-19-23-10-14(28-19)8-11-2-5-13(20)6-3-11/h2-7,9-10,18H,8H2,1H3,(H,23,24,25). The molecule has 2 aromatic carbocycles. The molecule has 0 saturated heterocycles. The predicted molar refractivity (Wildman–Crippen MR) is 104 cm³/mol. The van der Waals surface area contributed by atoms with E-state index in [1.54, 1.807) is 6.20 Å². The molecule has 0 aliphatic rings. The van der Waals surface area contributed by atoms with Gasteiger partial charge in [0.2, 0.25) is 0 Å². The Morgan fingerprint density at radius 2 is 1.96 bits per heavy atom. The van der Waals surface area contributed by atoms with E-state index in [0.29, 0.717) is 16.6 Å². The molecule has 1 aromatic heterocycles. The van der Waals surface area contributed by atoms with Crippen LogP contribution in [-0.4, -0.2) is 24.6 Å². The number of benzene rings is 2. The van der Waals surface area contributed by atoms with Crippen LogP contribution in [0.25, 0.3) is 0 Å². The minimum absolute atomic E-state index is 0.0375. The van der Waals surface area contributed by atoms with Gasteiger partial charge in [-0.1, -0.05) is 23.7 Å². The van der Waals surface area contributed by atoms with Crippen molar-refractivity contribution in [1.29, 1.82) is 0 Å². The number of anilines is 1. The van der Waals surface area contributed by atoms with E-state index in [0.717, 1.165) is 10.4 Å². The number of aromatic nitrogens is 1. The van der Waals surface area contributed by atoms with Crippen molar-refractivity contribution in [2.24, 2.45) is 0 Å². The molecule has 146 valence electrons. The van der Waals surface area contributed by atoms with Crippen LogP contribution in [0.3, 0.4) is 0 Å². The normalized spacial score (nSPS) is 10.8. The van der Waals surface area contributed by atoms with Crippen LogP contribution in [0.1, 0.15) is 20.8 Å². The molecule has 3 aromatic rings. The summed E-state index contributed by atoms with van der Waals surface area (Å²) in [4.78, 5) is 17.6. The van der Waals surface area contributed by atoms with Crippen molar-refractivity contribution in [2.75, 3.05) is 12.4 Å². The van der Waals surface area contributed by atoms with Crippen molar-refractivity contribution in [2.45, 2.75) is 13.0 Å². The average Bonchev–Trinajstić information content (AvgIpc) is 3.10. The molecule has 3 rings (SSSR count). The van der Waals surface area contributed by atoms with Gasteiger partial charge in [0.15, 0.2) is 16.6 Å². The maximum Gasteiger partial charge on any atom is 0.387 e. The number of ether oxygens (including phenoxy) is 2. The Kier molecular flexibility index (Phi) is 6.43. The highest BCUT2D eigenvalue weighted by molar-refractivity contribution is 7.15. The number of hydrogen-bond donors (Lipinski definition) is 1. The summed E-state index contributed by atoms with van der Waals surface area (Å²) in [6.45, 7) is -2.98. The number of amides is 1. The summed E-state index contributed by atoms with van der Waals surface area (Å²) in [5.74, 6) is -0.543. The molecular formula is C19H15ClF2N2O3S. The number of carbonyl (C=O) groups excluding carboxylic acids is 1. The lowest BCUT2D eigenvalue weighted by molar-refractivity contribution is -0.0512. The molecule has 0 radical (unpaired) electrons. The molecule has 0 aliphatic carbocycles. The fraction of sp³-hybridized carbons (Fsp3) is 0.158. The van der Waals surface area contributed by atoms with Gasteiger partial charge in [-0.25, -0.2) is 4.98 Å². The lowest BCUT2D eigenvalue weighted by atomic mass is 10.1. The number of alkyl halides is 2. The third kappa shape index (κ3) is 5.17. The van der Waals surface area contributed by atoms with Crippen LogP contribution < -0.4 is 14.8 Å². The van der Waals surface area contributed by atoms with E-state index in [-0.39, 0.29) is 17.1 Å². The summed E-state index contributed by atoms with van der Waals surface area (Å²) in [7, 11) is 1.30. The van der Waals surface area contributed by atoms with Crippen LogP contribution in [0, 0.1) is 0 Å². The second-order valence-corrected chi connectivity index (χ2v) is 7.18. The number of methoxy groups -OCH3 is 1. The zero-order chi connectivity index (χ0) is 20.1. The van der Waals surface area contributed by atoms with Gasteiger partial charge in [0.05, 0.1) is 7.11 Å². The van der Waals surface area contributed by atoms with Crippen molar-refractivity contribution in [3.63, 3.8) is 0 Å². The maximum atomic E-state index is 12.4.